The lowest BCUT2D eigenvalue weighted by Gasteiger charge is -2.36. The topological polar surface area (TPSA) is 57.3 Å². The van der Waals surface area contributed by atoms with Crippen molar-refractivity contribution in [2.24, 2.45) is 0 Å². The molecule has 3 rings (SSSR count). The maximum atomic E-state index is 12.1. The molecule has 27 heavy (non-hydrogen) atoms. The maximum Gasteiger partial charge on any atom is 0.250 e. The fourth-order valence-corrected chi connectivity index (χ4v) is 3.39. The van der Waals surface area contributed by atoms with Crippen molar-refractivity contribution in [3.05, 3.63) is 71.0 Å². The third-order valence-corrected chi connectivity index (χ3v) is 4.80. The molecule has 7 heteroatoms. The fraction of sp³-hybridized carbons (Fsp3) is 0.250. The van der Waals surface area contributed by atoms with Crippen molar-refractivity contribution >= 4 is 40.9 Å². The number of nitrogens with one attached hydrogen (secondary N) is 2. The molecule has 0 unspecified atom stereocenters. The average molecular weight is 401 g/mol. The highest BCUT2D eigenvalue weighted by atomic mass is 35.5. The van der Waals surface area contributed by atoms with Crippen molar-refractivity contribution in [3.63, 3.8) is 0 Å². The van der Waals surface area contributed by atoms with E-state index in [0.29, 0.717) is 5.02 Å². The molecule has 1 aromatic carbocycles. The fourth-order valence-electron chi connectivity index (χ4n) is 3.04. The zero-order valence-corrected chi connectivity index (χ0v) is 16.3. The van der Waals surface area contributed by atoms with E-state index in [1.165, 1.54) is 6.08 Å². The number of carbonyl (C=O) groups is 1. The van der Waals surface area contributed by atoms with Crippen molar-refractivity contribution in [2.75, 3.05) is 6.54 Å². The van der Waals surface area contributed by atoms with Crippen LogP contribution in [-0.2, 0) is 4.79 Å². The Morgan fingerprint density at radius 2 is 2.07 bits per heavy atom. The summed E-state index contributed by atoms with van der Waals surface area (Å²) < 4.78 is 0. The summed E-state index contributed by atoms with van der Waals surface area (Å²) in [5, 5.41) is 5.71. The minimum Gasteiger partial charge on any atom is -0.298 e. The van der Waals surface area contributed by atoms with Crippen molar-refractivity contribution in [1.29, 1.82) is 0 Å². The Balaban J connectivity index is 1.55. The summed E-state index contributed by atoms with van der Waals surface area (Å²) in [6.07, 6.45) is 10.1. The standard InChI is InChI=1S/C20H21ClN4OS/c21-17-9-6-15(7-10-17)8-11-19(26)23-20(27)24-25-13-2-1-5-18(25)16-4-3-12-22-14-16/h3-4,6-12,14,18H,1-2,5,13H2,(H2,23,24,26,27)/b11-8+/t18-/m0/s1. The number of amides is 1. The molecule has 1 fully saturated rings. The van der Waals surface area contributed by atoms with Crippen LogP contribution in [-0.4, -0.2) is 27.6 Å². The van der Waals surface area contributed by atoms with Crippen LogP contribution in [0.1, 0.15) is 36.4 Å². The number of hydrazine groups is 1. The van der Waals surface area contributed by atoms with Crippen molar-refractivity contribution < 1.29 is 4.79 Å². The number of piperidine rings is 1. The number of thiocarbonyl (C=S) groups is 1. The third kappa shape index (κ3) is 5.85. The molecule has 1 amide bonds. The van der Waals surface area contributed by atoms with Gasteiger partial charge in [-0.25, -0.2) is 5.01 Å². The predicted octanol–water partition coefficient (Wildman–Crippen LogP) is 3.88. The Kier molecular flexibility index (Phi) is 6.92. The van der Waals surface area contributed by atoms with Gasteiger partial charge < -0.3 is 0 Å². The van der Waals surface area contributed by atoms with E-state index in [1.807, 2.05) is 24.4 Å². The van der Waals surface area contributed by atoms with Gasteiger partial charge in [-0.05, 0) is 60.5 Å². The van der Waals surface area contributed by atoms with Crippen LogP contribution in [0.2, 0.25) is 5.02 Å². The third-order valence-electron chi connectivity index (χ3n) is 4.35. The first-order chi connectivity index (χ1) is 13.1. The molecule has 0 saturated carbocycles. The Morgan fingerprint density at radius 1 is 1.26 bits per heavy atom. The van der Waals surface area contributed by atoms with E-state index in [-0.39, 0.29) is 17.1 Å². The Bertz CT molecular complexity index is 810. The zero-order valence-electron chi connectivity index (χ0n) is 14.8. The SMILES string of the molecule is O=C(/C=C/c1ccc(Cl)cc1)NC(=S)NN1CCCC[C@H]1c1cccnc1. The lowest BCUT2D eigenvalue weighted by atomic mass is 9.98. The quantitative estimate of drug-likeness (QED) is 0.602. The number of aromatic nitrogens is 1. The molecule has 0 spiro atoms. The molecule has 140 valence electrons. The molecule has 2 aromatic rings. The first-order valence-corrected chi connectivity index (χ1v) is 9.62. The number of hydrogen-bond donors (Lipinski definition) is 2. The van der Waals surface area contributed by atoms with Gasteiger partial charge in [0.15, 0.2) is 5.11 Å². The van der Waals surface area contributed by atoms with Gasteiger partial charge in [0.05, 0.1) is 6.04 Å². The molecule has 0 radical (unpaired) electrons. The van der Waals surface area contributed by atoms with Gasteiger partial charge in [0, 0.05) is 30.0 Å². The van der Waals surface area contributed by atoms with Gasteiger partial charge in [-0.2, -0.15) is 0 Å². The van der Waals surface area contributed by atoms with E-state index in [1.54, 1.807) is 24.4 Å². The van der Waals surface area contributed by atoms with Crippen LogP contribution in [0.3, 0.4) is 0 Å². The first-order valence-electron chi connectivity index (χ1n) is 8.83. The van der Waals surface area contributed by atoms with Gasteiger partial charge in [0.2, 0.25) is 5.91 Å². The molecule has 2 N–H and O–H groups in total. The number of rotatable bonds is 4. The van der Waals surface area contributed by atoms with E-state index < -0.39 is 0 Å². The molecule has 1 aliphatic heterocycles. The van der Waals surface area contributed by atoms with Crippen molar-refractivity contribution in [1.82, 2.24) is 20.7 Å². The van der Waals surface area contributed by atoms with Crippen LogP contribution in [0.15, 0.2) is 54.9 Å². The molecule has 0 aliphatic carbocycles. The summed E-state index contributed by atoms with van der Waals surface area (Å²) >= 11 is 11.2. The minimum absolute atomic E-state index is 0.187. The lowest BCUT2D eigenvalue weighted by molar-refractivity contribution is -0.115. The lowest BCUT2D eigenvalue weighted by Crippen LogP contribution is -2.51. The van der Waals surface area contributed by atoms with Gasteiger partial charge in [-0.15, -0.1) is 0 Å². The second-order valence-corrected chi connectivity index (χ2v) is 7.15. The van der Waals surface area contributed by atoms with Crippen LogP contribution in [0.5, 0.6) is 0 Å². The summed E-state index contributed by atoms with van der Waals surface area (Å²) in [6.45, 7) is 0.857. The highest BCUT2D eigenvalue weighted by molar-refractivity contribution is 7.80. The zero-order chi connectivity index (χ0) is 19.1. The number of nitrogens with zero attached hydrogens (tertiary/aromatic N) is 2. The monoisotopic (exact) mass is 400 g/mol. The van der Waals surface area contributed by atoms with Crippen LogP contribution < -0.4 is 10.7 Å². The average Bonchev–Trinajstić information content (AvgIpc) is 2.68. The second kappa shape index (κ2) is 9.60. The number of benzene rings is 1. The Hall–Kier alpha value is -2.28. The smallest absolute Gasteiger partial charge is 0.250 e. The van der Waals surface area contributed by atoms with Crippen LogP contribution in [0.4, 0.5) is 0 Å². The predicted molar refractivity (Wildman–Crippen MR) is 112 cm³/mol. The molecule has 2 heterocycles. The maximum absolute atomic E-state index is 12.1. The summed E-state index contributed by atoms with van der Waals surface area (Å²) in [7, 11) is 0. The number of halogens is 1. The van der Waals surface area contributed by atoms with E-state index in [0.717, 1.165) is 36.9 Å². The highest BCUT2D eigenvalue weighted by Gasteiger charge is 2.24. The normalized spacial score (nSPS) is 17.6. The van der Waals surface area contributed by atoms with E-state index in [9.17, 15) is 4.79 Å². The second-order valence-electron chi connectivity index (χ2n) is 6.31. The summed E-state index contributed by atoms with van der Waals surface area (Å²) in [4.78, 5) is 16.3. The van der Waals surface area contributed by atoms with E-state index >= 15 is 0 Å². The highest BCUT2D eigenvalue weighted by Crippen LogP contribution is 2.28. The first kappa shape index (κ1) is 19.5. The van der Waals surface area contributed by atoms with E-state index in [4.69, 9.17) is 23.8 Å². The van der Waals surface area contributed by atoms with Crippen molar-refractivity contribution in [2.45, 2.75) is 25.3 Å². The van der Waals surface area contributed by atoms with Crippen LogP contribution in [0.25, 0.3) is 6.08 Å². The molecule has 1 saturated heterocycles. The van der Waals surface area contributed by atoms with Crippen LogP contribution >= 0.6 is 23.8 Å². The molecule has 5 nitrogen and oxygen atoms in total. The number of carbonyl (C=O) groups excluding carboxylic acids is 1. The van der Waals surface area contributed by atoms with Gasteiger partial charge >= 0.3 is 0 Å². The molecule has 0 bridgehead atoms. The summed E-state index contributed by atoms with van der Waals surface area (Å²) in [5.74, 6) is -0.280. The Morgan fingerprint density at radius 3 is 2.81 bits per heavy atom. The summed E-state index contributed by atoms with van der Waals surface area (Å²) in [6, 6.07) is 11.4. The molecule has 1 atom stereocenters. The van der Waals surface area contributed by atoms with Gasteiger partial charge in [0.1, 0.15) is 0 Å². The van der Waals surface area contributed by atoms with E-state index in [2.05, 4.69) is 26.8 Å². The van der Waals surface area contributed by atoms with Crippen LogP contribution in [0, 0.1) is 0 Å². The minimum atomic E-state index is -0.280. The summed E-state index contributed by atoms with van der Waals surface area (Å²) in [5.41, 5.74) is 5.19. The number of hydrogen-bond acceptors (Lipinski definition) is 4. The number of pyridine rings is 1. The Labute approximate surface area is 169 Å². The molecule has 1 aromatic heterocycles. The molecular weight excluding hydrogens is 380 g/mol. The van der Waals surface area contributed by atoms with Gasteiger partial charge in [-0.1, -0.05) is 36.2 Å². The molecular formula is C20H21ClN4OS. The molecule has 1 aliphatic rings. The largest absolute Gasteiger partial charge is 0.298 e. The van der Waals surface area contributed by atoms with Gasteiger partial charge in [0.25, 0.3) is 0 Å². The van der Waals surface area contributed by atoms with Crippen molar-refractivity contribution in [3.8, 4) is 0 Å². The van der Waals surface area contributed by atoms with Gasteiger partial charge in [-0.3, -0.25) is 20.5 Å².